The summed E-state index contributed by atoms with van der Waals surface area (Å²) >= 11 is 25.0. The molecular weight excluding hydrogens is 482 g/mol. The highest BCUT2D eigenvalue weighted by molar-refractivity contribution is 7.87. The van der Waals surface area contributed by atoms with Crippen LogP contribution in [0.1, 0.15) is 16.7 Å². The van der Waals surface area contributed by atoms with Crippen LogP contribution in [0, 0.1) is 0 Å². The summed E-state index contributed by atoms with van der Waals surface area (Å²) in [7, 11) is -5.19. The molecule has 3 rings (SSSR count). The Morgan fingerprint density at radius 2 is 1.31 bits per heavy atom. The maximum atomic E-state index is 13.0. The van der Waals surface area contributed by atoms with Crippen LogP contribution in [-0.2, 0) is 14.9 Å². The van der Waals surface area contributed by atoms with Crippen molar-refractivity contribution < 1.29 is 23.2 Å². The standard InChI is InChI=1S/C19H12Cl4O5S/c20-12-6-2-1-4-10(12)19(29(26,27)28,11-5-3-7-15(25)17(11)22)16-14(24)9-8-13(21)18(16)23/h1-9,24-25H,(H,26,27,28). The zero-order valence-corrected chi connectivity index (χ0v) is 18.1. The van der Waals surface area contributed by atoms with Gasteiger partial charge in [0.15, 0.2) is 4.75 Å². The molecule has 0 amide bonds. The molecule has 3 aromatic carbocycles. The van der Waals surface area contributed by atoms with Gasteiger partial charge in [0, 0.05) is 21.7 Å². The van der Waals surface area contributed by atoms with Gasteiger partial charge in [-0.2, -0.15) is 8.42 Å². The van der Waals surface area contributed by atoms with E-state index in [-0.39, 0.29) is 31.2 Å². The number of aromatic hydroxyl groups is 2. The van der Waals surface area contributed by atoms with E-state index in [0.29, 0.717) is 0 Å². The van der Waals surface area contributed by atoms with Crippen molar-refractivity contribution in [3.05, 3.63) is 91.4 Å². The zero-order chi connectivity index (χ0) is 21.6. The second kappa shape index (κ2) is 7.87. The van der Waals surface area contributed by atoms with E-state index in [1.807, 2.05) is 0 Å². The molecule has 1 unspecified atom stereocenters. The van der Waals surface area contributed by atoms with Crippen molar-refractivity contribution in [2.75, 3.05) is 0 Å². The topological polar surface area (TPSA) is 94.8 Å². The van der Waals surface area contributed by atoms with Gasteiger partial charge in [0.05, 0.1) is 15.1 Å². The number of hydrogen-bond acceptors (Lipinski definition) is 4. The van der Waals surface area contributed by atoms with Crippen molar-refractivity contribution in [1.82, 2.24) is 0 Å². The maximum Gasteiger partial charge on any atom is 0.283 e. The Kier molecular flexibility index (Phi) is 5.98. The van der Waals surface area contributed by atoms with Crippen LogP contribution in [0.15, 0.2) is 54.6 Å². The minimum absolute atomic E-state index is 0.0695. The predicted octanol–water partition coefficient (Wildman–Crippen LogP) is 5.89. The Morgan fingerprint density at radius 3 is 1.93 bits per heavy atom. The molecule has 29 heavy (non-hydrogen) atoms. The van der Waals surface area contributed by atoms with Crippen molar-refractivity contribution in [3.8, 4) is 11.5 Å². The number of benzene rings is 3. The van der Waals surface area contributed by atoms with Gasteiger partial charge in [-0.15, -0.1) is 0 Å². The summed E-state index contributed by atoms with van der Waals surface area (Å²) in [5.74, 6) is -1.04. The fourth-order valence-corrected chi connectivity index (χ4v) is 5.78. The van der Waals surface area contributed by atoms with Gasteiger partial charge in [0.2, 0.25) is 0 Å². The SMILES string of the molecule is O=S(=O)(O)C(c1ccccc1Cl)(c1cccc(O)c1Cl)c1c(O)ccc(Cl)c1Cl. The third-order valence-electron chi connectivity index (χ3n) is 4.42. The normalized spacial score (nSPS) is 13.8. The van der Waals surface area contributed by atoms with Crippen molar-refractivity contribution >= 4 is 56.5 Å². The highest BCUT2D eigenvalue weighted by Gasteiger charge is 2.54. The Bertz CT molecular complexity index is 1210. The molecule has 0 bridgehead atoms. The molecule has 0 saturated carbocycles. The molecule has 3 aromatic rings. The van der Waals surface area contributed by atoms with Gasteiger partial charge in [-0.05, 0) is 24.3 Å². The largest absolute Gasteiger partial charge is 0.508 e. The molecule has 152 valence electrons. The smallest absolute Gasteiger partial charge is 0.283 e. The van der Waals surface area contributed by atoms with E-state index < -0.39 is 31.9 Å². The van der Waals surface area contributed by atoms with E-state index >= 15 is 0 Å². The third-order valence-corrected chi connectivity index (χ3v) is 7.37. The number of phenolic OH excluding ortho intramolecular Hbond substituents is 2. The van der Waals surface area contributed by atoms with E-state index in [9.17, 15) is 23.2 Å². The second-order valence-corrected chi connectivity index (χ2v) is 9.16. The zero-order valence-electron chi connectivity index (χ0n) is 14.3. The molecule has 10 heteroatoms. The van der Waals surface area contributed by atoms with Crippen molar-refractivity contribution in [1.29, 1.82) is 0 Å². The minimum Gasteiger partial charge on any atom is -0.508 e. The summed E-state index contributed by atoms with van der Waals surface area (Å²) in [4.78, 5) is 0. The lowest BCUT2D eigenvalue weighted by molar-refractivity contribution is 0.439. The summed E-state index contributed by atoms with van der Waals surface area (Å²) in [5.41, 5.74) is -0.903. The molecule has 0 radical (unpaired) electrons. The average molecular weight is 494 g/mol. The quantitative estimate of drug-likeness (QED) is 0.311. The van der Waals surface area contributed by atoms with Crippen LogP contribution >= 0.6 is 46.4 Å². The minimum atomic E-state index is -5.19. The lowest BCUT2D eigenvalue weighted by atomic mass is 9.83. The monoisotopic (exact) mass is 492 g/mol. The molecule has 1 atom stereocenters. The first-order chi connectivity index (χ1) is 13.5. The summed E-state index contributed by atoms with van der Waals surface area (Å²) in [6.45, 7) is 0. The van der Waals surface area contributed by atoms with E-state index in [1.54, 1.807) is 6.07 Å². The first kappa shape index (κ1) is 22.0. The molecule has 3 N–H and O–H groups in total. The molecule has 0 spiro atoms. The molecule has 0 aliphatic carbocycles. The molecule has 0 aliphatic rings. The van der Waals surface area contributed by atoms with Gasteiger partial charge < -0.3 is 10.2 Å². The van der Waals surface area contributed by atoms with Gasteiger partial charge in [-0.1, -0.05) is 76.7 Å². The van der Waals surface area contributed by atoms with Crippen molar-refractivity contribution in [2.45, 2.75) is 4.75 Å². The molecule has 0 fully saturated rings. The Balaban J connectivity index is 2.71. The fraction of sp³-hybridized carbons (Fsp3) is 0.0526. The van der Waals surface area contributed by atoms with Gasteiger partial charge in [-0.25, -0.2) is 0 Å². The number of rotatable bonds is 4. The fourth-order valence-electron chi connectivity index (χ4n) is 3.24. The summed E-state index contributed by atoms with van der Waals surface area (Å²) < 4.78 is 34.0. The lowest BCUT2D eigenvalue weighted by Crippen LogP contribution is -2.39. The lowest BCUT2D eigenvalue weighted by Gasteiger charge is -2.35. The molecular formula is C19H12Cl4O5S. The number of hydrogen-bond donors (Lipinski definition) is 3. The van der Waals surface area contributed by atoms with Crippen molar-refractivity contribution in [3.63, 3.8) is 0 Å². The van der Waals surface area contributed by atoms with Gasteiger partial charge in [-0.3, -0.25) is 4.55 Å². The Hall–Kier alpha value is -1.67. The molecule has 0 heterocycles. The van der Waals surface area contributed by atoms with E-state index in [0.717, 1.165) is 6.07 Å². The van der Waals surface area contributed by atoms with Crippen LogP contribution in [0.2, 0.25) is 20.1 Å². The third kappa shape index (κ3) is 3.44. The van der Waals surface area contributed by atoms with E-state index in [2.05, 4.69) is 0 Å². The van der Waals surface area contributed by atoms with Gasteiger partial charge in [0.25, 0.3) is 10.1 Å². The number of halogens is 4. The highest BCUT2D eigenvalue weighted by Crippen LogP contribution is 2.54. The molecule has 0 aliphatic heterocycles. The predicted molar refractivity (Wildman–Crippen MR) is 114 cm³/mol. The van der Waals surface area contributed by atoms with E-state index in [1.165, 1.54) is 42.5 Å². The summed E-state index contributed by atoms with van der Waals surface area (Å²) in [6.07, 6.45) is 0. The van der Waals surface area contributed by atoms with Crippen LogP contribution in [0.4, 0.5) is 0 Å². The van der Waals surface area contributed by atoms with Crippen LogP contribution in [-0.4, -0.2) is 23.2 Å². The average Bonchev–Trinajstić information content (AvgIpc) is 2.64. The summed E-state index contributed by atoms with van der Waals surface area (Å²) in [5, 5.41) is 19.9. The highest BCUT2D eigenvalue weighted by atomic mass is 35.5. The molecule has 0 saturated heterocycles. The first-order valence-electron chi connectivity index (χ1n) is 7.91. The number of phenols is 2. The maximum absolute atomic E-state index is 13.0. The van der Waals surface area contributed by atoms with Gasteiger partial charge >= 0.3 is 0 Å². The van der Waals surface area contributed by atoms with Gasteiger partial charge in [0.1, 0.15) is 11.5 Å². The first-order valence-corrected chi connectivity index (χ1v) is 10.9. The van der Waals surface area contributed by atoms with E-state index in [4.69, 9.17) is 46.4 Å². The summed E-state index contributed by atoms with van der Waals surface area (Å²) in [6, 6.07) is 11.9. The van der Waals surface area contributed by atoms with Crippen LogP contribution in [0.25, 0.3) is 0 Å². The Morgan fingerprint density at radius 1 is 0.690 bits per heavy atom. The second-order valence-electron chi connectivity index (χ2n) is 6.03. The Labute approximate surface area is 186 Å². The van der Waals surface area contributed by atoms with Crippen LogP contribution in [0.3, 0.4) is 0 Å². The molecule has 5 nitrogen and oxygen atoms in total. The molecule has 0 aromatic heterocycles. The van der Waals surface area contributed by atoms with Crippen molar-refractivity contribution in [2.24, 2.45) is 0 Å². The van der Waals surface area contributed by atoms with Crippen LogP contribution in [0.5, 0.6) is 11.5 Å². The van der Waals surface area contributed by atoms with Crippen LogP contribution < -0.4 is 0 Å².